The number of benzene rings is 2. The first-order valence-corrected chi connectivity index (χ1v) is 25.1. The number of imidazole rings is 1. The van der Waals surface area contributed by atoms with Crippen LogP contribution in [0.4, 0.5) is 21.6 Å². The van der Waals surface area contributed by atoms with Gasteiger partial charge in [-0.05, 0) is 112 Å². The number of amides is 1. The predicted molar refractivity (Wildman–Crippen MR) is 255 cm³/mol. The van der Waals surface area contributed by atoms with Crippen LogP contribution in [0, 0.1) is 27.3 Å². The SMILES string of the molecule is CC(C)c1ccccc1[C@@H]1CCCN1C1CC2(CCN(c3cc(Oc4cnc5[nH]cc(F)c5c4)c(C(=O)NS(=O)(=O)c4cc([N+](=O)[O-])c(NCC5CCC(C)(O)CC5)c5[nH]cnc45)cn3)CC2)C1. The number of hydrogen-bond acceptors (Lipinski definition) is 13. The van der Waals surface area contributed by atoms with Crippen LogP contribution in [0.5, 0.6) is 11.5 Å². The van der Waals surface area contributed by atoms with Gasteiger partial charge in [-0.2, -0.15) is 0 Å². The fraction of sp³-hybridized carbons (Fsp3) is 0.469. The third-order valence-electron chi connectivity index (χ3n) is 15.1. The monoisotopic (exact) mass is 948 g/mol. The number of aliphatic hydroxyl groups is 1. The highest BCUT2D eigenvalue weighted by molar-refractivity contribution is 7.90. The maximum Gasteiger partial charge on any atom is 0.296 e. The molecular formula is C49H57FN10O7S. The average Bonchev–Trinajstić information content (AvgIpc) is 4.08. The summed E-state index contributed by atoms with van der Waals surface area (Å²) in [5, 5.41) is 26.2. The Balaban J connectivity index is 0.879. The van der Waals surface area contributed by atoms with E-state index >= 15 is 0 Å². The van der Waals surface area contributed by atoms with Gasteiger partial charge in [0.15, 0.2) is 0 Å². The first kappa shape index (κ1) is 45.6. The second-order valence-electron chi connectivity index (χ2n) is 20.0. The first-order valence-electron chi connectivity index (χ1n) is 23.6. The highest BCUT2D eigenvalue weighted by Crippen LogP contribution is 2.54. The number of fused-ring (bicyclic) bond motifs is 2. The fourth-order valence-electron chi connectivity index (χ4n) is 11.3. The lowest BCUT2D eigenvalue weighted by atomic mass is 9.60. The minimum Gasteiger partial charge on any atom is -0.455 e. The third kappa shape index (κ3) is 8.75. The van der Waals surface area contributed by atoms with Crippen molar-refractivity contribution in [3.05, 3.63) is 100 Å². The van der Waals surface area contributed by atoms with Crippen LogP contribution < -0.4 is 19.7 Å². The largest absolute Gasteiger partial charge is 0.455 e. The van der Waals surface area contributed by atoms with Crippen LogP contribution in [0.25, 0.3) is 22.1 Å². The highest BCUT2D eigenvalue weighted by Gasteiger charge is 2.50. The molecule has 4 fully saturated rings. The van der Waals surface area contributed by atoms with Crippen LogP contribution in [0.1, 0.15) is 118 Å². The smallest absolute Gasteiger partial charge is 0.296 e. The number of nitro groups is 1. The van der Waals surface area contributed by atoms with E-state index < -0.39 is 42.9 Å². The quantitative estimate of drug-likeness (QED) is 0.0540. The lowest BCUT2D eigenvalue weighted by Gasteiger charge is -2.56. The van der Waals surface area contributed by atoms with Gasteiger partial charge in [0.1, 0.15) is 50.4 Å². The van der Waals surface area contributed by atoms with Gasteiger partial charge in [-0.1, -0.05) is 38.1 Å². The Morgan fingerprint density at radius 1 is 1.03 bits per heavy atom. The second-order valence-corrected chi connectivity index (χ2v) is 21.6. The van der Waals surface area contributed by atoms with Crippen LogP contribution >= 0.6 is 0 Å². The Hall–Kier alpha value is -6.18. The molecule has 17 nitrogen and oxygen atoms in total. The van der Waals surface area contributed by atoms with Crippen molar-refractivity contribution < 1.29 is 32.4 Å². The number of nitrogens with zero attached hydrogens (tertiary/aromatic N) is 6. The molecule has 19 heteroatoms. The van der Waals surface area contributed by atoms with Crippen molar-refractivity contribution in [1.29, 1.82) is 0 Å². The number of hydrogen-bond donors (Lipinski definition) is 5. The molecule has 1 spiro atoms. The maximum atomic E-state index is 14.7. The molecule has 2 aromatic carbocycles. The molecule has 358 valence electrons. The van der Waals surface area contributed by atoms with Gasteiger partial charge in [-0.15, -0.1) is 0 Å². The number of halogens is 1. The lowest BCUT2D eigenvalue weighted by Crippen LogP contribution is -2.55. The van der Waals surface area contributed by atoms with Gasteiger partial charge in [-0.25, -0.2) is 32.5 Å². The number of likely N-dealkylation sites (tertiary alicyclic amines) is 1. The Morgan fingerprint density at radius 3 is 2.54 bits per heavy atom. The molecule has 6 aromatic rings. The highest BCUT2D eigenvalue weighted by atomic mass is 32.2. The number of aromatic nitrogens is 5. The second kappa shape index (κ2) is 17.7. The summed E-state index contributed by atoms with van der Waals surface area (Å²) >= 11 is 0. The number of carbonyl (C=O) groups is 1. The number of piperidine rings is 1. The molecule has 1 atom stereocenters. The molecular weight excluding hydrogens is 892 g/mol. The van der Waals surface area contributed by atoms with Crippen molar-refractivity contribution in [2.24, 2.45) is 11.3 Å². The molecule has 4 aliphatic rings. The Labute approximate surface area is 393 Å². The van der Waals surface area contributed by atoms with Crippen molar-refractivity contribution in [3.8, 4) is 11.5 Å². The number of aromatic amines is 2. The number of sulfonamides is 1. The number of ether oxygens (including phenoxy) is 1. The van der Waals surface area contributed by atoms with Gasteiger partial charge in [0.25, 0.3) is 21.6 Å². The molecule has 2 saturated heterocycles. The molecule has 6 heterocycles. The van der Waals surface area contributed by atoms with Crippen LogP contribution in [0.3, 0.4) is 0 Å². The van der Waals surface area contributed by atoms with Crippen molar-refractivity contribution in [3.63, 3.8) is 0 Å². The van der Waals surface area contributed by atoms with E-state index in [1.165, 1.54) is 55.0 Å². The van der Waals surface area contributed by atoms with Gasteiger partial charge < -0.3 is 30.0 Å². The number of rotatable bonds is 13. The van der Waals surface area contributed by atoms with Crippen molar-refractivity contribution >= 4 is 55.2 Å². The minimum atomic E-state index is -4.82. The standard InChI is InChI=1S/C49H57FN10O7S/c1-29(2)33-7-4-5-8-34(33)38-9-6-16-59(38)31-22-49(23-31)14-17-58(18-15-49)42-21-40(67-32-19-35-37(50)27-54-46(35)53-25-32)36(26-51-42)47(61)57-68(65,66)41-20-39(60(63)64)43(45-44(41)55-28-56-45)52-24-30-10-12-48(3,62)13-11-30/h4-5,7-8,19-21,25-31,38,52,62H,6,9-18,22-24H2,1-3H3,(H,53,54)(H,55,56)(H,57,61)/t30?,38-,48?/m0/s1. The maximum absolute atomic E-state index is 14.7. The minimum absolute atomic E-state index is 0.0507. The van der Waals surface area contributed by atoms with E-state index in [9.17, 15) is 32.8 Å². The van der Waals surface area contributed by atoms with Crippen LogP contribution in [0.2, 0.25) is 0 Å². The van der Waals surface area contributed by atoms with E-state index in [0.29, 0.717) is 74.8 Å². The van der Waals surface area contributed by atoms with E-state index in [-0.39, 0.29) is 50.5 Å². The molecule has 2 aliphatic heterocycles. The van der Waals surface area contributed by atoms with Crippen molar-refractivity contribution in [1.82, 2.24) is 34.5 Å². The Morgan fingerprint density at radius 2 is 1.79 bits per heavy atom. The lowest BCUT2D eigenvalue weighted by molar-refractivity contribution is -0.384. The molecule has 2 saturated carbocycles. The van der Waals surface area contributed by atoms with Gasteiger partial charge in [-0.3, -0.25) is 19.8 Å². The van der Waals surface area contributed by atoms with Crippen molar-refractivity contribution in [2.45, 2.75) is 113 Å². The molecule has 1 amide bonds. The molecule has 68 heavy (non-hydrogen) atoms. The van der Waals surface area contributed by atoms with E-state index in [0.717, 1.165) is 38.3 Å². The normalized spacial score (nSPS) is 22.2. The summed E-state index contributed by atoms with van der Waals surface area (Å²) in [7, 11) is -4.82. The zero-order chi connectivity index (χ0) is 47.5. The van der Waals surface area contributed by atoms with E-state index in [2.05, 4.69) is 82.9 Å². The number of nitrogens with one attached hydrogen (secondary N) is 4. The number of pyridine rings is 2. The zero-order valence-corrected chi connectivity index (χ0v) is 39.2. The molecule has 4 aromatic heterocycles. The Kier molecular flexibility index (Phi) is 11.9. The van der Waals surface area contributed by atoms with Crippen LogP contribution in [0.15, 0.2) is 72.3 Å². The first-order chi connectivity index (χ1) is 32.6. The third-order valence-corrected chi connectivity index (χ3v) is 16.5. The van der Waals surface area contributed by atoms with Crippen LogP contribution in [-0.2, 0) is 10.0 Å². The summed E-state index contributed by atoms with van der Waals surface area (Å²) in [5.74, 6) is -0.513. The van der Waals surface area contributed by atoms with E-state index in [1.807, 2.05) is 0 Å². The summed E-state index contributed by atoms with van der Waals surface area (Å²) in [6, 6.07) is 13.8. The number of carbonyl (C=O) groups excluding carboxylic acids is 1. The number of nitro benzene ring substituents is 1. The fourth-order valence-corrected chi connectivity index (χ4v) is 12.4. The van der Waals surface area contributed by atoms with Gasteiger partial charge in [0.2, 0.25) is 0 Å². The molecule has 10 rings (SSSR count). The summed E-state index contributed by atoms with van der Waals surface area (Å²) in [6.07, 6.45) is 14.2. The summed E-state index contributed by atoms with van der Waals surface area (Å²) < 4.78 is 51.3. The number of anilines is 2. The average molecular weight is 949 g/mol. The zero-order valence-electron chi connectivity index (χ0n) is 38.4. The summed E-state index contributed by atoms with van der Waals surface area (Å²) in [4.78, 5) is 49.0. The topological polar surface area (TPSA) is 225 Å². The van der Waals surface area contributed by atoms with Crippen molar-refractivity contribution in [2.75, 3.05) is 36.4 Å². The van der Waals surface area contributed by atoms with E-state index in [1.54, 1.807) is 13.0 Å². The van der Waals surface area contributed by atoms with Gasteiger partial charge in [0.05, 0.1) is 34.0 Å². The summed E-state index contributed by atoms with van der Waals surface area (Å²) in [5.41, 5.74) is 1.92. The van der Waals surface area contributed by atoms with Gasteiger partial charge >= 0.3 is 0 Å². The number of H-pyrrole nitrogens is 2. The Bertz CT molecular complexity index is 3000. The molecule has 2 aliphatic carbocycles. The molecule has 0 radical (unpaired) electrons. The van der Waals surface area contributed by atoms with E-state index in [4.69, 9.17) is 4.74 Å². The predicted octanol–water partition coefficient (Wildman–Crippen LogP) is 8.86. The van der Waals surface area contributed by atoms with Gasteiger partial charge in [0, 0.05) is 56.2 Å². The molecule has 5 N–H and O–H groups in total. The van der Waals surface area contributed by atoms with Crippen LogP contribution in [-0.4, -0.2) is 92.0 Å². The molecule has 0 unspecified atom stereocenters. The summed E-state index contributed by atoms with van der Waals surface area (Å²) in [6.45, 7) is 9.22. The molecule has 0 bridgehead atoms.